The van der Waals surface area contributed by atoms with Crippen molar-refractivity contribution < 1.29 is 4.74 Å². The summed E-state index contributed by atoms with van der Waals surface area (Å²) in [6.07, 6.45) is 5.36. The first-order valence-corrected chi connectivity index (χ1v) is 5.61. The lowest BCUT2D eigenvalue weighted by Gasteiger charge is -2.19. The summed E-state index contributed by atoms with van der Waals surface area (Å²) in [6, 6.07) is 0. The summed E-state index contributed by atoms with van der Waals surface area (Å²) in [5, 5.41) is 0. The highest BCUT2D eigenvalue weighted by atomic mass is 32.2. The molecule has 0 heterocycles. The molecule has 4 heteroatoms. The molecule has 0 aromatic heterocycles. The van der Waals surface area contributed by atoms with Crippen LogP contribution in [-0.4, -0.2) is 17.3 Å². The van der Waals surface area contributed by atoms with Crippen LogP contribution in [0.2, 0.25) is 0 Å². The molecule has 0 unspecified atom stereocenters. The van der Waals surface area contributed by atoms with Crippen molar-refractivity contribution >= 4 is 11.9 Å². The lowest BCUT2D eigenvalue weighted by molar-refractivity contribution is 0.136. The fraction of sp³-hybridized carbons (Fsp3) is 0.600. The van der Waals surface area contributed by atoms with E-state index in [2.05, 4.69) is 27.4 Å². The maximum absolute atomic E-state index is 5.52. The number of rotatable bonds is 5. The number of hydrogen-bond acceptors (Lipinski definition) is 4. The Morgan fingerprint density at radius 3 is 2.57 bits per heavy atom. The van der Waals surface area contributed by atoms with Gasteiger partial charge in [-0.25, -0.2) is 5.84 Å². The Morgan fingerprint density at radius 1 is 1.57 bits per heavy atom. The first kappa shape index (κ1) is 13.4. The van der Waals surface area contributed by atoms with E-state index in [0.717, 1.165) is 0 Å². The average molecular weight is 216 g/mol. The number of hydrogen-bond donors (Lipinski definition) is 1. The molecule has 82 valence electrons. The zero-order valence-corrected chi connectivity index (χ0v) is 10.2. The molecule has 0 amide bonds. The van der Waals surface area contributed by atoms with Crippen LogP contribution >= 0.6 is 11.9 Å². The van der Waals surface area contributed by atoms with Crippen LogP contribution in [0.15, 0.2) is 24.6 Å². The zero-order valence-electron chi connectivity index (χ0n) is 9.41. The van der Waals surface area contributed by atoms with Crippen molar-refractivity contribution in [2.24, 2.45) is 11.3 Å². The van der Waals surface area contributed by atoms with Crippen molar-refractivity contribution in [3.05, 3.63) is 24.6 Å². The van der Waals surface area contributed by atoms with Gasteiger partial charge in [0.1, 0.15) is 5.76 Å². The van der Waals surface area contributed by atoms with Gasteiger partial charge in [-0.15, -0.1) is 0 Å². The highest BCUT2D eigenvalue weighted by molar-refractivity contribution is 7.96. The van der Waals surface area contributed by atoms with Crippen LogP contribution in [0, 0.1) is 5.41 Å². The van der Waals surface area contributed by atoms with Crippen LogP contribution in [0.5, 0.6) is 0 Å². The number of nitrogens with zero attached hydrogens (tertiary/aromatic N) is 1. The molecule has 0 radical (unpaired) electrons. The molecular weight excluding hydrogens is 196 g/mol. The largest absolute Gasteiger partial charge is 0.494 e. The molecule has 0 atom stereocenters. The molecule has 0 aliphatic rings. The molecule has 2 N–H and O–H groups in total. The first-order valence-electron chi connectivity index (χ1n) is 4.43. The Hall–Kier alpha value is -0.610. The summed E-state index contributed by atoms with van der Waals surface area (Å²) in [7, 11) is 0. The Morgan fingerprint density at radius 2 is 2.14 bits per heavy atom. The van der Waals surface area contributed by atoms with Crippen molar-refractivity contribution in [1.29, 1.82) is 0 Å². The molecule has 0 rings (SSSR count). The van der Waals surface area contributed by atoms with E-state index in [0.29, 0.717) is 12.4 Å². The third-order valence-electron chi connectivity index (χ3n) is 1.31. The van der Waals surface area contributed by atoms with Crippen LogP contribution in [0.3, 0.4) is 0 Å². The normalized spacial score (nSPS) is 11.8. The van der Waals surface area contributed by atoms with Crippen LogP contribution in [-0.2, 0) is 4.74 Å². The van der Waals surface area contributed by atoms with Gasteiger partial charge in [0.15, 0.2) is 0 Å². The summed E-state index contributed by atoms with van der Waals surface area (Å²) >= 11 is 1.42. The number of allylic oxidation sites excluding steroid dienone is 1. The number of nitrogens with two attached hydrogens (primary N) is 1. The van der Waals surface area contributed by atoms with Crippen molar-refractivity contribution in [3.8, 4) is 0 Å². The van der Waals surface area contributed by atoms with Crippen molar-refractivity contribution in [1.82, 2.24) is 4.41 Å². The molecule has 0 spiro atoms. The molecular formula is C10H20N2OS. The summed E-state index contributed by atoms with van der Waals surface area (Å²) in [4.78, 5) is 0. The van der Waals surface area contributed by atoms with E-state index in [-0.39, 0.29) is 5.41 Å². The monoisotopic (exact) mass is 216 g/mol. The van der Waals surface area contributed by atoms with Gasteiger partial charge in [-0.1, -0.05) is 27.4 Å². The predicted molar refractivity (Wildman–Crippen MR) is 63.2 cm³/mol. The van der Waals surface area contributed by atoms with Crippen LogP contribution in [0.4, 0.5) is 0 Å². The quantitative estimate of drug-likeness (QED) is 0.252. The smallest absolute Gasteiger partial charge is 0.113 e. The molecule has 0 aliphatic carbocycles. The van der Waals surface area contributed by atoms with Crippen molar-refractivity contribution in [3.63, 3.8) is 0 Å². The third-order valence-corrected chi connectivity index (χ3v) is 1.85. The standard InChI is InChI=1S/C10H20N2OS/c1-9(6-7-12(11)14-5)13-8-10(2,3)4/h6-7H,1,8,11H2,2-5H3/b7-6-. The van der Waals surface area contributed by atoms with Crippen molar-refractivity contribution in [2.75, 3.05) is 12.9 Å². The molecule has 0 aliphatic heterocycles. The minimum absolute atomic E-state index is 0.151. The van der Waals surface area contributed by atoms with Gasteiger partial charge < -0.3 is 4.74 Å². The van der Waals surface area contributed by atoms with E-state index >= 15 is 0 Å². The lowest BCUT2D eigenvalue weighted by atomic mass is 9.99. The van der Waals surface area contributed by atoms with Gasteiger partial charge in [-0.2, -0.15) is 0 Å². The maximum Gasteiger partial charge on any atom is 0.113 e. The van der Waals surface area contributed by atoms with Gasteiger partial charge in [0.25, 0.3) is 0 Å². The minimum atomic E-state index is 0.151. The Labute approximate surface area is 91.1 Å². The highest BCUT2D eigenvalue weighted by Crippen LogP contribution is 2.15. The summed E-state index contributed by atoms with van der Waals surface area (Å²) in [6.45, 7) is 10.8. The predicted octanol–water partition coefficient (Wildman–Crippen LogP) is 2.53. The fourth-order valence-electron chi connectivity index (χ4n) is 0.575. The maximum atomic E-state index is 5.52. The molecule has 0 aromatic rings. The van der Waals surface area contributed by atoms with Gasteiger partial charge >= 0.3 is 0 Å². The molecule has 0 saturated carbocycles. The summed E-state index contributed by atoms with van der Waals surface area (Å²) in [5.74, 6) is 6.15. The van der Waals surface area contributed by atoms with E-state index < -0.39 is 0 Å². The topological polar surface area (TPSA) is 38.5 Å². The SMILES string of the molecule is C=C(/C=C\N(N)SC)OCC(C)(C)C. The average Bonchev–Trinajstić information content (AvgIpc) is 2.09. The van der Waals surface area contributed by atoms with Crippen molar-refractivity contribution in [2.45, 2.75) is 20.8 Å². The second kappa shape index (κ2) is 5.98. The van der Waals surface area contributed by atoms with E-state index in [9.17, 15) is 0 Å². The van der Waals surface area contributed by atoms with E-state index in [1.165, 1.54) is 16.4 Å². The fourth-order valence-corrected chi connectivity index (χ4v) is 0.757. The first-order chi connectivity index (χ1) is 6.35. The molecule has 0 bridgehead atoms. The molecule has 0 aromatic carbocycles. The molecule has 0 fully saturated rings. The number of ether oxygens (including phenoxy) is 1. The lowest BCUT2D eigenvalue weighted by Crippen LogP contribution is -2.16. The highest BCUT2D eigenvalue weighted by Gasteiger charge is 2.10. The van der Waals surface area contributed by atoms with Gasteiger partial charge in [0.2, 0.25) is 0 Å². The summed E-state index contributed by atoms with van der Waals surface area (Å²) in [5.41, 5.74) is 0.151. The Bertz CT molecular complexity index is 209. The molecule has 0 saturated heterocycles. The third kappa shape index (κ3) is 8.01. The van der Waals surface area contributed by atoms with Crippen LogP contribution in [0.25, 0.3) is 0 Å². The van der Waals surface area contributed by atoms with Gasteiger partial charge in [0.05, 0.1) is 6.61 Å². The number of hydrazine groups is 1. The molecule has 14 heavy (non-hydrogen) atoms. The Balaban J connectivity index is 3.82. The van der Waals surface area contributed by atoms with Crippen LogP contribution in [0.1, 0.15) is 20.8 Å². The van der Waals surface area contributed by atoms with E-state index in [1.54, 1.807) is 12.3 Å². The van der Waals surface area contributed by atoms with Crippen LogP contribution < -0.4 is 5.84 Å². The van der Waals surface area contributed by atoms with Gasteiger partial charge in [-0.05, 0) is 23.4 Å². The van der Waals surface area contributed by atoms with Gasteiger partial charge in [-0.3, -0.25) is 4.41 Å². The zero-order chi connectivity index (χ0) is 11.2. The second-order valence-corrected chi connectivity index (χ2v) is 4.96. The Kier molecular flexibility index (Phi) is 5.72. The van der Waals surface area contributed by atoms with Gasteiger partial charge in [0, 0.05) is 12.5 Å². The minimum Gasteiger partial charge on any atom is -0.494 e. The molecule has 3 nitrogen and oxygen atoms in total. The van der Waals surface area contributed by atoms with E-state index in [4.69, 9.17) is 10.6 Å². The summed E-state index contributed by atoms with van der Waals surface area (Å²) < 4.78 is 6.92. The second-order valence-electron chi connectivity index (χ2n) is 4.17. The van der Waals surface area contributed by atoms with E-state index in [1.807, 2.05) is 6.26 Å².